The highest BCUT2D eigenvalue weighted by Gasteiger charge is 2.13. The molecule has 2 aromatic rings. The van der Waals surface area contributed by atoms with Crippen molar-refractivity contribution in [3.63, 3.8) is 0 Å². The molecule has 4 heteroatoms. The normalized spacial score (nSPS) is 12.0. The van der Waals surface area contributed by atoms with Crippen LogP contribution in [0.2, 0.25) is 0 Å². The van der Waals surface area contributed by atoms with Gasteiger partial charge in [-0.05, 0) is 18.8 Å². The number of rotatable bonds is 19. The van der Waals surface area contributed by atoms with E-state index in [2.05, 4.69) is 37.9 Å². The number of nitrogens with zero attached hydrogens (tertiary/aromatic N) is 2. The van der Waals surface area contributed by atoms with Gasteiger partial charge in [-0.15, -0.1) is 0 Å². The summed E-state index contributed by atoms with van der Waals surface area (Å²) in [6.45, 7) is 8.11. The second-order valence-electron chi connectivity index (χ2n) is 9.32. The largest absolute Gasteiger partial charge is 0.490 e. The topological polar surface area (TPSA) is 44.2 Å². The molecule has 4 nitrogen and oxygen atoms in total. The van der Waals surface area contributed by atoms with E-state index in [4.69, 9.17) is 14.5 Å². The van der Waals surface area contributed by atoms with Gasteiger partial charge in [-0.25, -0.2) is 0 Å². The zero-order chi connectivity index (χ0) is 23.6. The van der Waals surface area contributed by atoms with Crippen LogP contribution in [-0.4, -0.2) is 23.2 Å². The molecule has 0 aliphatic carbocycles. The SMILES string of the molecule is CCCCCCCCCCOc1cnc(OCC(C)CCCCCC)nc1-c1ccccc1. The van der Waals surface area contributed by atoms with Crippen molar-refractivity contribution in [2.24, 2.45) is 5.92 Å². The summed E-state index contributed by atoms with van der Waals surface area (Å²) in [5, 5.41) is 0. The molecule has 1 aromatic carbocycles. The minimum Gasteiger partial charge on any atom is -0.490 e. The van der Waals surface area contributed by atoms with Gasteiger partial charge >= 0.3 is 6.01 Å². The number of unbranched alkanes of at least 4 members (excludes halogenated alkanes) is 10. The van der Waals surface area contributed by atoms with Crippen molar-refractivity contribution in [3.8, 4) is 23.0 Å². The van der Waals surface area contributed by atoms with Gasteiger partial charge in [0.05, 0.1) is 19.4 Å². The Balaban J connectivity index is 1.85. The first-order chi connectivity index (χ1) is 16.2. The predicted octanol–water partition coefficient (Wildman–Crippen LogP) is 8.65. The fourth-order valence-corrected chi connectivity index (χ4v) is 3.97. The second-order valence-corrected chi connectivity index (χ2v) is 9.32. The molecular formula is C29H46N2O2. The highest BCUT2D eigenvalue weighted by molar-refractivity contribution is 5.65. The minimum absolute atomic E-state index is 0.439. The molecule has 0 spiro atoms. The van der Waals surface area contributed by atoms with Gasteiger partial charge in [-0.1, -0.05) is 122 Å². The van der Waals surface area contributed by atoms with Crippen LogP contribution < -0.4 is 9.47 Å². The highest BCUT2D eigenvalue weighted by atomic mass is 16.5. The van der Waals surface area contributed by atoms with Crippen LogP contribution >= 0.6 is 0 Å². The molecule has 0 saturated carbocycles. The molecule has 0 bridgehead atoms. The van der Waals surface area contributed by atoms with Crippen LogP contribution in [0.5, 0.6) is 11.8 Å². The molecule has 0 N–H and O–H groups in total. The first-order valence-electron chi connectivity index (χ1n) is 13.4. The van der Waals surface area contributed by atoms with E-state index in [9.17, 15) is 0 Å². The Kier molecular flexibility index (Phi) is 14.3. The fourth-order valence-electron chi connectivity index (χ4n) is 3.97. The Hall–Kier alpha value is -2.10. The molecule has 1 aromatic heterocycles. The van der Waals surface area contributed by atoms with Crippen molar-refractivity contribution >= 4 is 0 Å². The Morgan fingerprint density at radius 1 is 0.758 bits per heavy atom. The van der Waals surface area contributed by atoms with E-state index in [0.717, 1.165) is 23.4 Å². The van der Waals surface area contributed by atoms with Gasteiger partial charge in [-0.3, -0.25) is 0 Å². The van der Waals surface area contributed by atoms with E-state index >= 15 is 0 Å². The average molecular weight is 455 g/mol. The zero-order valence-electron chi connectivity index (χ0n) is 21.4. The summed E-state index contributed by atoms with van der Waals surface area (Å²) < 4.78 is 12.1. The van der Waals surface area contributed by atoms with Crippen LogP contribution in [-0.2, 0) is 0 Å². The van der Waals surface area contributed by atoms with Crippen LogP contribution in [0.4, 0.5) is 0 Å². The molecule has 0 fully saturated rings. The van der Waals surface area contributed by atoms with E-state index in [1.165, 1.54) is 77.0 Å². The standard InChI is InChI=1S/C29H46N2O2/c1-4-6-8-10-11-12-13-18-22-32-27-23-30-29(31-28(27)26-20-16-14-17-21-26)33-24-25(3)19-15-9-7-5-2/h14,16-17,20-21,23,25H,4-13,15,18-19,22,24H2,1-3H3. The third kappa shape index (κ3) is 11.5. The van der Waals surface area contributed by atoms with Gasteiger partial charge in [0.2, 0.25) is 0 Å². The van der Waals surface area contributed by atoms with Crippen molar-refractivity contribution in [2.75, 3.05) is 13.2 Å². The lowest BCUT2D eigenvalue weighted by atomic mass is 10.0. The van der Waals surface area contributed by atoms with Crippen LogP contribution in [0.1, 0.15) is 104 Å². The Morgan fingerprint density at radius 3 is 2.09 bits per heavy atom. The van der Waals surface area contributed by atoms with Gasteiger partial charge in [0.25, 0.3) is 0 Å². The van der Waals surface area contributed by atoms with E-state index in [-0.39, 0.29) is 0 Å². The average Bonchev–Trinajstić information content (AvgIpc) is 2.85. The van der Waals surface area contributed by atoms with Gasteiger partial charge in [-0.2, -0.15) is 9.97 Å². The molecule has 1 heterocycles. The summed E-state index contributed by atoms with van der Waals surface area (Å²) in [5.41, 5.74) is 1.85. The monoisotopic (exact) mass is 454 g/mol. The molecule has 0 saturated heterocycles. The minimum atomic E-state index is 0.439. The molecule has 184 valence electrons. The first kappa shape index (κ1) is 27.1. The molecular weight excluding hydrogens is 408 g/mol. The number of ether oxygens (including phenoxy) is 2. The summed E-state index contributed by atoms with van der Waals surface area (Å²) in [7, 11) is 0. The van der Waals surface area contributed by atoms with Crippen LogP contribution in [0.15, 0.2) is 36.5 Å². The van der Waals surface area contributed by atoms with Gasteiger partial charge in [0, 0.05) is 5.56 Å². The number of aromatic nitrogens is 2. The molecule has 33 heavy (non-hydrogen) atoms. The van der Waals surface area contributed by atoms with E-state index in [1.54, 1.807) is 6.20 Å². The van der Waals surface area contributed by atoms with Crippen molar-refractivity contribution < 1.29 is 9.47 Å². The number of benzene rings is 1. The Morgan fingerprint density at radius 2 is 1.39 bits per heavy atom. The Labute approximate surface area is 202 Å². The van der Waals surface area contributed by atoms with Gasteiger partial charge in [0.1, 0.15) is 5.69 Å². The molecule has 1 unspecified atom stereocenters. The number of hydrogen-bond acceptors (Lipinski definition) is 4. The van der Waals surface area contributed by atoms with Gasteiger partial charge in [0.15, 0.2) is 5.75 Å². The quantitative estimate of drug-likeness (QED) is 0.199. The Bertz CT molecular complexity index is 736. The fraction of sp³-hybridized carbons (Fsp3) is 0.655. The van der Waals surface area contributed by atoms with Crippen LogP contribution in [0.25, 0.3) is 11.3 Å². The maximum Gasteiger partial charge on any atom is 0.317 e. The van der Waals surface area contributed by atoms with Crippen molar-refractivity contribution in [1.29, 1.82) is 0 Å². The first-order valence-corrected chi connectivity index (χ1v) is 13.4. The molecule has 0 aliphatic rings. The molecule has 0 aliphatic heterocycles. The maximum atomic E-state index is 6.11. The van der Waals surface area contributed by atoms with Gasteiger partial charge < -0.3 is 9.47 Å². The van der Waals surface area contributed by atoms with E-state index < -0.39 is 0 Å². The zero-order valence-corrected chi connectivity index (χ0v) is 21.4. The molecule has 1 atom stereocenters. The predicted molar refractivity (Wildman–Crippen MR) is 139 cm³/mol. The molecule has 0 amide bonds. The lowest BCUT2D eigenvalue weighted by Gasteiger charge is -2.14. The lowest BCUT2D eigenvalue weighted by Crippen LogP contribution is -2.11. The smallest absolute Gasteiger partial charge is 0.317 e. The molecule has 2 rings (SSSR count). The second kappa shape index (κ2) is 17.4. The van der Waals surface area contributed by atoms with Crippen LogP contribution in [0.3, 0.4) is 0 Å². The third-order valence-corrected chi connectivity index (χ3v) is 6.08. The van der Waals surface area contributed by atoms with Crippen molar-refractivity contribution in [3.05, 3.63) is 36.5 Å². The molecule has 0 radical (unpaired) electrons. The summed E-state index contributed by atoms with van der Waals surface area (Å²) in [6.07, 6.45) is 18.4. The van der Waals surface area contributed by atoms with E-state index in [1.807, 2.05) is 18.2 Å². The number of hydrogen-bond donors (Lipinski definition) is 0. The maximum absolute atomic E-state index is 6.11. The van der Waals surface area contributed by atoms with Crippen molar-refractivity contribution in [1.82, 2.24) is 9.97 Å². The van der Waals surface area contributed by atoms with Crippen molar-refractivity contribution in [2.45, 2.75) is 104 Å². The summed E-state index contributed by atoms with van der Waals surface area (Å²) in [6, 6.07) is 10.6. The summed E-state index contributed by atoms with van der Waals surface area (Å²) >= 11 is 0. The van der Waals surface area contributed by atoms with E-state index in [0.29, 0.717) is 25.1 Å². The highest BCUT2D eigenvalue weighted by Crippen LogP contribution is 2.29. The summed E-state index contributed by atoms with van der Waals surface area (Å²) in [5.74, 6) is 1.24. The lowest BCUT2D eigenvalue weighted by molar-refractivity contribution is 0.230. The van der Waals surface area contributed by atoms with Crippen LogP contribution in [0, 0.1) is 5.92 Å². The third-order valence-electron chi connectivity index (χ3n) is 6.08. The summed E-state index contributed by atoms with van der Waals surface area (Å²) in [4.78, 5) is 9.17.